The molecule has 156 valence electrons. The molecular formula is C23H26N4O3. The van der Waals surface area contributed by atoms with Gasteiger partial charge in [-0.15, -0.1) is 0 Å². The van der Waals surface area contributed by atoms with Crippen molar-refractivity contribution in [2.24, 2.45) is 4.99 Å². The van der Waals surface area contributed by atoms with Crippen LogP contribution in [-0.2, 0) is 11.3 Å². The fourth-order valence-corrected chi connectivity index (χ4v) is 3.05. The zero-order chi connectivity index (χ0) is 21.7. The van der Waals surface area contributed by atoms with Gasteiger partial charge in [-0.2, -0.15) is 5.26 Å². The largest absolute Gasteiger partial charge is 0.457 e. The van der Waals surface area contributed by atoms with Crippen LogP contribution >= 0.6 is 0 Å². The first kappa shape index (κ1) is 21.2. The number of aliphatic imine (C=N–C) groups is 1. The van der Waals surface area contributed by atoms with Crippen LogP contribution in [-0.4, -0.2) is 29.1 Å². The third kappa shape index (κ3) is 5.51. The van der Waals surface area contributed by atoms with Gasteiger partial charge in [-0.25, -0.2) is 9.79 Å². The van der Waals surface area contributed by atoms with E-state index in [1.807, 2.05) is 49.9 Å². The van der Waals surface area contributed by atoms with Gasteiger partial charge in [0.2, 0.25) is 5.96 Å². The Morgan fingerprint density at radius 1 is 1.23 bits per heavy atom. The van der Waals surface area contributed by atoms with Crippen molar-refractivity contribution in [3.8, 4) is 17.6 Å². The lowest BCUT2D eigenvalue weighted by Gasteiger charge is -2.31. The molecule has 1 aliphatic rings. The van der Waals surface area contributed by atoms with Crippen LogP contribution in [0.1, 0.15) is 45.2 Å². The van der Waals surface area contributed by atoms with E-state index in [4.69, 9.17) is 14.7 Å². The van der Waals surface area contributed by atoms with E-state index >= 15 is 0 Å². The molecule has 0 saturated carbocycles. The molecule has 1 N–H and O–H groups in total. The summed E-state index contributed by atoms with van der Waals surface area (Å²) < 4.78 is 11.3. The number of carbonyl (C=O) groups excluding carboxylic acids is 1. The van der Waals surface area contributed by atoms with Gasteiger partial charge < -0.3 is 14.4 Å². The molecule has 2 aromatic carbocycles. The average molecular weight is 406 g/mol. The summed E-state index contributed by atoms with van der Waals surface area (Å²) in [5, 5.41) is 11.8. The fraction of sp³-hybridized carbons (Fsp3) is 0.348. The predicted octanol–water partition coefficient (Wildman–Crippen LogP) is 5.09. The van der Waals surface area contributed by atoms with Gasteiger partial charge in [0.25, 0.3) is 0 Å². The Hall–Kier alpha value is -3.53. The number of nitriles is 1. The second-order valence-corrected chi connectivity index (χ2v) is 8.02. The minimum atomic E-state index is -0.581. The van der Waals surface area contributed by atoms with Crippen LogP contribution in [0.3, 0.4) is 0 Å². The normalized spacial score (nSPS) is 13.0. The molecule has 0 aliphatic carbocycles. The SMILES string of the molecule is CCCN1Cc2cc(Oc3cccc(C#N)c3)ccc2N=C1NC(=O)OC(C)(C)C. The van der Waals surface area contributed by atoms with E-state index in [9.17, 15) is 4.79 Å². The van der Waals surface area contributed by atoms with Crippen LogP contribution in [0.2, 0.25) is 0 Å². The Morgan fingerprint density at radius 2 is 2.00 bits per heavy atom. The van der Waals surface area contributed by atoms with Gasteiger partial charge in [-0.05, 0) is 63.6 Å². The minimum Gasteiger partial charge on any atom is -0.457 e. The number of carbonyl (C=O) groups is 1. The summed E-state index contributed by atoms with van der Waals surface area (Å²) >= 11 is 0. The van der Waals surface area contributed by atoms with Gasteiger partial charge in [0.1, 0.15) is 17.1 Å². The first-order chi connectivity index (χ1) is 14.3. The highest BCUT2D eigenvalue weighted by molar-refractivity contribution is 5.96. The zero-order valence-corrected chi connectivity index (χ0v) is 17.7. The molecule has 1 heterocycles. The Kier molecular flexibility index (Phi) is 6.26. The van der Waals surface area contributed by atoms with E-state index in [0.29, 0.717) is 29.6 Å². The Morgan fingerprint density at radius 3 is 2.70 bits per heavy atom. The summed E-state index contributed by atoms with van der Waals surface area (Å²) in [6.07, 6.45) is 0.379. The molecule has 0 unspecified atom stereocenters. The molecule has 1 amide bonds. The van der Waals surface area contributed by atoms with Crippen LogP contribution in [0.15, 0.2) is 47.5 Å². The lowest BCUT2D eigenvalue weighted by atomic mass is 10.1. The summed E-state index contributed by atoms with van der Waals surface area (Å²) in [5.41, 5.74) is 1.72. The summed E-state index contributed by atoms with van der Waals surface area (Å²) in [6, 6.07) is 14.8. The topological polar surface area (TPSA) is 87.0 Å². The quantitative estimate of drug-likeness (QED) is 0.764. The number of fused-ring (bicyclic) bond motifs is 1. The molecule has 2 aromatic rings. The molecule has 0 fully saturated rings. The number of rotatable bonds is 4. The van der Waals surface area contributed by atoms with E-state index < -0.39 is 11.7 Å². The Labute approximate surface area is 176 Å². The van der Waals surface area contributed by atoms with Crippen molar-refractivity contribution >= 4 is 17.7 Å². The molecule has 1 aliphatic heterocycles. The maximum absolute atomic E-state index is 12.2. The minimum absolute atomic E-state index is 0.481. The smallest absolute Gasteiger partial charge is 0.414 e. The number of hydrogen-bond acceptors (Lipinski definition) is 6. The van der Waals surface area contributed by atoms with E-state index in [0.717, 1.165) is 24.2 Å². The number of alkyl carbamates (subject to hydrolysis) is 1. The molecule has 7 heteroatoms. The van der Waals surface area contributed by atoms with Crippen LogP contribution in [0.25, 0.3) is 0 Å². The van der Waals surface area contributed by atoms with E-state index in [-0.39, 0.29) is 0 Å². The Bertz CT molecular complexity index is 1000. The Balaban J connectivity index is 1.81. The van der Waals surface area contributed by atoms with E-state index in [2.05, 4.69) is 23.3 Å². The van der Waals surface area contributed by atoms with Crippen molar-refractivity contribution in [1.82, 2.24) is 10.2 Å². The van der Waals surface area contributed by atoms with Crippen molar-refractivity contribution < 1.29 is 14.3 Å². The molecule has 0 aromatic heterocycles. The monoisotopic (exact) mass is 406 g/mol. The van der Waals surface area contributed by atoms with Gasteiger partial charge in [0.15, 0.2) is 0 Å². The van der Waals surface area contributed by atoms with Crippen LogP contribution < -0.4 is 10.1 Å². The summed E-state index contributed by atoms with van der Waals surface area (Å²) in [5.74, 6) is 1.75. The van der Waals surface area contributed by atoms with Crippen molar-refractivity contribution in [2.75, 3.05) is 6.54 Å². The highest BCUT2D eigenvalue weighted by Gasteiger charge is 2.24. The zero-order valence-electron chi connectivity index (χ0n) is 17.7. The number of nitrogens with one attached hydrogen (secondary N) is 1. The maximum Gasteiger partial charge on any atom is 0.414 e. The highest BCUT2D eigenvalue weighted by Crippen LogP contribution is 2.32. The molecule has 30 heavy (non-hydrogen) atoms. The molecule has 0 radical (unpaired) electrons. The van der Waals surface area contributed by atoms with Crippen LogP contribution in [0.4, 0.5) is 10.5 Å². The standard InChI is InChI=1S/C23H26N4O3/c1-5-11-27-15-17-13-19(29-18-8-6-7-16(12-18)14-24)9-10-20(17)25-21(27)26-22(28)30-23(2,3)4/h6-10,12-13H,5,11,15H2,1-4H3,(H,25,26,28). The van der Waals surface area contributed by atoms with Crippen molar-refractivity contribution in [3.63, 3.8) is 0 Å². The summed E-state index contributed by atoms with van der Waals surface area (Å²) in [4.78, 5) is 18.8. The molecule has 0 spiro atoms. The predicted molar refractivity (Wildman–Crippen MR) is 115 cm³/mol. The lowest BCUT2D eigenvalue weighted by molar-refractivity contribution is 0.0555. The molecule has 0 saturated heterocycles. The number of guanidine groups is 1. The molecule has 3 rings (SSSR count). The third-order valence-corrected chi connectivity index (χ3v) is 4.24. The van der Waals surface area contributed by atoms with Gasteiger partial charge in [-0.3, -0.25) is 5.32 Å². The summed E-state index contributed by atoms with van der Waals surface area (Å²) in [7, 11) is 0. The first-order valence-electron chi connectivity index (χ1n) is 9.92. The number of ether oxygens (including phenoxy) is 2. The maximum atomic E-state index is 12.2. The second-order valence-electron chi connectivity index (χ2n) is 8.02. The molecule has 7 nitrogen and oxygen atoms in total. The second kappa shape index (κ2) is 8.87. The van der Waals surface area contributed by atoms with Gasteiger partial charge >= 0.3 is 6.09 Å². The first-order valence-corrected chi connectivity index (χ1v) is 9.92. The number of benzene rings is 2. The number of amides is 1. The van der Waals surface area contributed by atoms with Gasteiger partial charge in [-0.1, -0.05) is 13.0 Å². The highest BCUT2D eigenvalue weighted by atomic mass is 16.6. The fourth-order valence-electron chi connectivity index (χ4n) is 3.05. The van der Waals surface area contributed by atoms with Crippen LogP contribution in [0.5, 0.6) is 11.5 Å². The lowest BCUT2D eigenvalue weighted by Crippen LogP contribution is -2.47. The third-order valence-electron chi connectivity index (χ3n) is 4.24. The van der Waals surface area contributed by atoms with Gasteiger partial charge in [0.05, 0.1) is 17.3 Å². The van der Waals surface area contributed by atoms with E-state index in [1.165, 1.54) is 0 Å². The molecule has 0 bridgehead atoms. The molecular weight excluding hydrogens is 380 g/mol. The number of hydrogen-bond donors (Lipinski definition) is 1. The molecule has 0 atom stereocenters. The average Bonchev–Trinajstić information content (AvgIpc) is 2.67. The van der Waals surface area contributed by atoms with E-state index in [1.54, 1.807) is 18.2 Å². The summed E-state index contributed by atoms with van der Waals surface area (Å²) in [6.45, 7) is 8.87. The van der Waals surface area contributed by atoms with Crippen molar-refractivity contribution in [1.29, 1.82) is 5.26 Å². The van der Waals surface area contributed by atoms with Crippen LogP contribution in [0, 0.1) is 11.3 Å². The van der Waals surface area contributed by atoms with Crippen molar-refractivity contribution in [3.05, 3.63) is 53.6 Å². The van der Waals surface area contributed by atoms with Crippen molar-refractivity contribution in [2.45, 2.75) is 46.3 Å². The van der Waals surface area contributed by atoms with Gasteiger partial charge in [0, 0.05) is 18.7 Å². The number of nitrogens with zero attached hydrogens (tertiary/aromatic N) is 3.